The lowest BCUT2D eigenvalue weighted by Crippen LogP contribution is -2.38. The van der Waals surface area contributed by atoms with Crippen LogP contribution in [0.3, 0.4) is 0 Å². The van der Waals surface area contributed by atoms with Gasteiger partial charge in [-0.2, -0.15) is 13.2 Å². The van der Waals surface area contributed by atoms with Crippen LogP contribution in [0.25, 0.3) is 0 Å². The molecule has 0 saturated heterocycles. The Morgan fingerprint density at radius 3 is 2.50 bits per heavy atom. The third-order valence-electron chi connectivity index (χ3n) is 1.54. The van der Waals surface area contributed by atoms with Crippen LogP contribution in [0.4, 0.5) is 19.0 Å². The van der Waals surface area contributed by atoms with Crippen LogP contribution in [0.15, 0.2) is 24.4 Å². The first-order valence-electron chi connectivity index (χ1n) is 3.69. The fourth-order valence-electron chi connectivity index (χ4n) is 0.846. The third-order valence-corrected chi connectivity index (χ3v) is 1.54. The molecule has 76 valence electrons. The average Bonchev–Trinajstić information content (AvgIpc) is 2.15. The Bertz CT molecular complexity index is 323. The first-order chi connectivity index (χ1) is 6.43. The van der Waals surface area contributed by atoms with Gasteiger partial charge in [0.2, 0.25) is 0 Å². The van der Waals surface area contributed by atoms with Gasteiger partial charge in [0.1, 0.15) is 5.82 Å². The predicted octanol–water partition coefficient (Wildman–Crippen LogP) is 1.61. The summed E-state index contributed by atoms with van der Waals surface area (Å²) in [5, 5.41) is 0. The van der Waals surface area contributed by atoms with E-state index in [4.69, 9.17) is 0 Å². The highest BCUT2D eigenvalue weighted by Gasteiger charge is 2.41. The summed E-state index contributed by atoms with van der Waals surface area (Å²) in [6.45, 7) is 0. The molecule has 1 heterocycles. The summed E-state index contributed by atoms with van der Waals surface area (Å²) in [6, 6.07) is 4.38. The molecule has 6 heteroatoms. The minimum Gasteiger partial charge on any atom is -0.292 e. The minimum absolute atomic E-state index is 0.0326. The number of hydrogen-bond acceptors (Lipinski definition) is 2. The van der Waals surface area contributed by atoms with E-state index in [2.05, 4.69) is 4.98 Å². The molecule has 1 amide bonds. The molecular weight excluding hydrogens is 197 g/mol. The van der Waals surface area contributed by atoms with E-state index in [1.807, 2.05) is 0 Å². The van der Waals surface area contributed by atoms with Gasteiger partial charge in [0.05, 0.1) is 0 Å². The molecule has 0 unspecified atom stereocenters. The SMILES string of the molecule is CN(C(=O)C(F)(F)F)c1ccccn1. The van der Waals surface area contributed by atoms with E-state index in [0.29, 0.717) is 4.90 Å². The van der Waals surface area contributed by atoms with Crippen molar-refractivity contribution in [3.63, 3.8) is 0 Å². The second-order valence-corrected chi connectivity index (χ2v) is 2.55. The summed E-state index contributed by atoms with van der Waals surface area (Å²) < 4.78 is 35.9. The zero-order valence-corrected chi connectivity index (χ0v) is 7.25. The molecule has 0 aliphatic carbocycles. The zero-order valence-electron chi connectivity index (χ0n) is 7.25. The van der Waals surface area contributed by atoms with Gasteiger partial charge in [-0.25, -0.2) is 4.98 Å². The van der Waals surface area contributed by atoms with Crippen LogP contribution < -0.4 is 4.90 Å². The Hall–Kier alpha value is -1.59. The van der Waals surface area contributed by atoms with Gasteiger partial charge in [-0.05, 0) is 12.1 Å². The predicted molar refractivity (Wildman–Crippen MR) is 43.7 cm³/mol. The van der Waals surface area contributed by atoms with E-state index < -0.39 is 12.1 Å². The molecule has 14 heavy (non-hydrogen) atoms. The number of nitrogens with zero attached hydrogens (tertiary/aromatic N) is 2. The summed E-state index contributed by atoms with van der Waals surface area (Å²) in [5.41, 5.74) is 0. The lowest BCUT2D eigenvalue weighted by atomic mass is 10.4. The Labute approximate surface area is 78.2 Å². The van der Waals surface area contributed by atoms with Gasteiger partial charge in [0.25, 0.3) is 0 Å². The largest absolute Gasteiger partial charge is 0.471 e. The Morgan fingerprint density at radius 1 is 1.43 bits per heavy atom. The van der Waals surface area contributed by atoms with Crippen molar-refractivity contribution < 1.29 is 18.0 Å². The van der Waals surface area contributed by atoms with Crippen molar-refractivity contribution in [3.05, 3.63) is 24.4 Å². The summed E-state index contributed by atoms with van der Waals surface area (Å²) in [5.74, 6) is -1.97. The maximum absolute atomic E-state index is 12.0. The third kappa shape index (κ3) is 2.21. The molecule has 0 fully saturated rings. The van der Waals surface area contributed by atoms with E-state index in [1.165, 1.54) is 18.3 Å². The Balaban J connectivity index is 2.87. The van der Waals surface area contributed by atoms with Crippen LogP contribution in [-0.4, -0.2) is 24.1 Å². The molecule has 0 aromatic carbocycles. The van der Waals surface area contributed by atoms with Crippen LogP contribution in [0.5, 0.6) is 0 Å². The quantitative estimate of drug-likeness (QED) is 0.696. The molecule has 0 radical (unpaired) electrons. The molecule has 1 aromatic rings. The van der Waals surface area contributed by atoms with Crippen molar-refractivity contribution in [2.75, 3.05) is 11.9 Å². The maximum atomic E-state index is 12.0. The first-order valence-corrected chi connectivity index (χ1v) is 3.69. The van der Waals surface area contributed by atoms with Crippen LogP contribution in [0, 0.1) is 0 Å². The van der Waals surface area contributed by atoms with Crippen LogP contribution >= 0.6 is 0 Å². The monoisotopic (exact) mass is 204 g/mol. The lowest BCUT2D eigenvalue weighted by molar-refractivity contribution is -0.170. The number of anilines is 1. The van der Waals surface area contributed by atoms with Gasteiger partial charge < -0.3 is 0 Å². The highest BCUT2D eigenvalue weighted by atomic mass is 19.4. The molecule has 0 bridgehead atoms. The van der Waals surface area contributed by atoms with Gasteiger partial charge in [0, 0.05) is 13.2 Å². The van der Waals surface area contributed by atoms with Crippen molar-refractivity contribution in [1.82, 2.24) is 4.98 Å². The zero-order chi connectivity index (χ0) is 10.8. The van der Waals surface area contributed by atoms with Crippen LogP contribution in [0.1, 0.15) is 0 Å². The maximum Gasteiger partial charge on any atom is 0.471 e. The molecule has 3 nitrogen and oxygen atoms in total. The summed E-state index contributed by atoms with van der Waals surface area (Å²) in [6.07, 6.45) is -3.55. The Kier molecular flexibility index (Phi) is 2.73. The number of aromatic nitrogens is 1. The van der Waals surface area contributed by atoms with Gasteiger partial charge in [-0.15, -0.1) is 0 Å². The smallest absolute Gasteiger partial charge is 0.292 e. The first kappa shape index (κ1) is 10.5. The fourth-order valence-corrected chi connectivity index (χ4v) is 0.846. The molecule has 1 aromatic heterocycles. The second kappa shape index (κ2) is 3.65. The molecule has 0 aliphatic rings. The van der Waals surface area contributed by atoms with Crippen molar-refractivity contribution in [2.24, 2.45) is 0 Å². The second-order valence-electron chi connectivity index (χ2n) is 2.55. The number of alkyl halides is 3. The van der Waals surface area contributed by atoms with Crippen LogP contribution in [0.2, 0.25) is 0 Å². The standard InChI is InChI=1S/C8H7F3N2O/c1-13(7(14)8(9,10)11)6-4-2-3-5-12-6/h2-5H,1H3. The molecule has 0 N–H and O–H groups in total. The number of rotatable bonds is 1. The number of carbonyl (C=O) groups is 1. The summed E-state index contributed by atoms with van der Waals surface area (Å²) in [4.78, 5) is 14.8. The molecule has 1 rings (SSSR count). The van der Waals surface area contributed by atoms with Crippen molar-refractivity contribution in [1.29, 1.82) is 0 Å². The van der Waals surface area contributed by atoms with E-state index in [9.17, 15) is 18.0 Å². The van der Waals surface area contributed by atoms with Crippen molar-refractivity contribution in [2.45, 2.75) is 6.18 Å². The number of hydrogen-bond donors (Lipinski definition) is 0. The van der Waals surface area contributed by atoms with Gasteiger partial charge >= 0.3 is 12.1 Å². The molecular formula is C8H7F3N2O. The number of amides is 1. The van der Waals surface area contributed by atoms with E-state index >= 15 is 0 Å². The van der Waals surface area contributed by atoms with E-state index in [-0.39, 0.29) is 5.82 Å². The van der Waals surface area contributed by atoms with E-state index in [1.54, 1.807) is 6.07 Å². The van der Waals surface area contributed by atoms with Gasteiger partial charge in [-0.3, -0.25) is 9.69 Å². The van der Waals surface area contributed by atoms with Gasteiger partial charge in [-0.1, -0.05) is 6.07 Å². The molecule has 0 atom stereocenters. The van der Waals surface area contributed by atoms with Gasteiger partial charge in [0.15, 0.2) is 0 Å². The highest BCUT2D eigenvalue weighted by molar-refractivity contribution is 5.95. The highest BCUT2D eigenvalue weighted by Crippen LogP contribution is 2.20. The summed E-state index contributed by atoms with van der Waals surface area (Å²) >= 11 is 0. The Morgan fingerprint density at radius 2 is 2.07 bits per heavy atom. The number of carbonyl (C=O) groups excluding carboxylic acids is 1. The normalized spacial score (nSPS) is 11.1. The fraction of sp³-hybridized carbons (Fsp3) is 0.250. The number of pyridine rings is 1. The average molecular weight is 204 g/mol. The minimum atomic E-state index is -4.87. The number of halogens is 3. The lowest BCUT2D eigenvalue weighted by Gasteiger charge is -2.17. The van der Waals surface area contributed by atoms with Crippen molar-refractivity contribution in [3.8, 4) is 0 Å². The summed E-state index contributed by atoms with van der Waals surface area (Å²) in [7, 11) is 1.03. The topological polar surface area (TPSA) is 33.2 Å². The molecule has 0 saturated carbocycles. The molecule has 0 spiro atoms. The van der Waals surface area contributed by atoms with E-state index in [0.717, 1.165) is 7.05 Å². The van der Waals surface area contributed by atoms with Crippen molar-refractivity contribution >= 4 is 11.7 Å². The van der Waals surface area contributed by atoms with Crippen LogP contribution in [-0.2, 0) is 4.79 Å². The molecule has 0 aliphatic heterocycles.